The monoisotopic (exact) mass is 399 g/mol. The number of aliphatic carboxylic acids is 1. The van der Waals surface area contributed by atoms with Gasteiger partial charge in [-0.1, -0.05) is 84.0 Å². The highest BCUT2D eigenvalue weighted by atomic mass is 16.4. The first-order chi connectivity index (χ1) is 13.1. The Morgan fingerprint density at radius 1 is 0.786 bits per heavy atom. The highest BCUT2D eigenvalue weighted by molar-refractivity contribution is 5.90. The summed E-state index contributed by atoms with van der Waals surface area (Å²) in [5.41, 5.74) is -1.83. The third kappa shape index (κ3) is 15.0. The van der Waals surface area contributed by atoms with Gasteiger partial charge in [0.1, 0.15) is 6.54 Å². The Hall–Kier alpha value is -0.940. The van der Waals surface area contributed by atoms with Crippen LogP contribution in [0.25, 0.3) is 0 Å². The normalized spacial score (nSPS) is 14.0. The number of carboxylic acids is 1. The lowest BCUT2D eigenvalue weighted by molar-refractivity contribution is -0.875. The zero-order valence-electron chi connectivity index (χ0n) is 18.9. The molecule has 0 spiro atoms. The molecule has 0 aromatic rings. The minimum Gasteiger partial charge on any atom is -0.550 e. The molecule has 166 valence electrons. The van der Waals surface area contributed by atoms with Gasteiger partial charge in [-0.3, -0.25) is 4.79 Å². The van der Waals surface area contributed by atoms with E-state index in [9.17, 15) is 19.8 Å². The van der Waals surface area contributed by atoms with E-state index in [1.807, 2.05) is 21.1 Å². The van der Waals surface area contributed by atoms with Crippen LogP contribution in [0.3, 0.4) is 0 Å². The molecule has 0 radical (unpaired) electrons. The fourth-order valence-electron chi connectivity index (χ4n) is 3.80. The highest BCUT2D eigenvalue weighted by Gasteiger charge is 2.40. The second-order valence-electron chi connectivity index (χ2n) is 9.44. The topological polar surface area (TPSA) is 77.4 Å². The first kappa shape index (κ1) is 27.1. The molecule has 0 bridgehead atoms. The highest BCUT2D eigenvalue weighted by Crippen LogP contribution is 2.20. The number of hydrogen-bond acceptors (Lipinski definition) is 4. The Balaban J connectivity index is 3.85. The minimum absolute atomic E-state index is 0.0816. The van der Waals surface area contributed by atoms with Crippen LogP contribution in [0.4, 0.5) is 0 Å². The molecule has 1 atom stereocenters. The Bertz CT molecular complexity index is 431. The summed E-state index contributed by atoms with van der Waals surface area (Å²) in [7, 11) is 5.50. The second-order valence-corrected chi connectivity index (χ2v) is 9.44. The standard InChI is InChI=1S/C23H45NO4/c1-5-6-7-8-9-10-11-12-13-14-15-16-17-18-21(25)23(28,19-22(26)27)20-24(2,3)4/h28H,5-20H2,1-4H3/t23-/m0/s1. The molecule has 0 aliphatic rings. The Morgan fingerprint density at radius 3 is 1.54 bits per heavy atom. The van der Waals surface area contributed by atoms with Crippen molar-refractivity contribution in [1.29, 1.82) is 0 Å². The van der Waals surface area contributed by atoms with Crippen molar-refractivity contribution in [3.8, 4) is 0 Å². The van der Waals surface area contributed by atoms with Crippen LogP contribution in [-0.2, 0) is 9.59 Å². The molecule has 5 nitrogen and oxygen atoms in total. The summed E-state index contributed by atoms with van der Waals surface area (Å²) in [6, 6.07) is 0. The van der Waals surface area contributed by atoms with Gasteiger partial charge >= 0.3 is 0 Å². The molecular formula is C23H45NO4. The third-order valence-corrected chi connectivity index (χ3v) is 5.20. The van der Waals surface area contributed by atoms with E-state index in [0.29, 0.717) is 10.9 Å². The van der Waals surface area contributed by atoms with Crippen LogP contribution in [-0.4, -0.2) is 54.6 Å². The Kier molecular flexibility index (Phi) is 14.5. The predicted molar refractivity (Wildman–Crippen MR) is 113 cm³/mol. The van der Waals surface area contributed by atoms with E-state index >= 15 is 0 Å². The molecule has 0 amide bonds. The summed E-state index contributed by atoms with van der Waals surface area (Å²) in [5.74, 6) is -1.75. The number of quaternary nitrogens is 1. The van der Waals surface area contributed by atoms with Crippen molar-refractivity contribution in [2.45, 2.75) is 109 Å². The summed E-state index contributed by atoms with van der Waals surface area (Å²) in [4.78, 5) is 23.4. The lowest BCUT2D eigenvalue weighted by Gasteiger charge is -2.34. The molecule has 0 aliphatic carbocycles. The second kappa shape index (κ2) is 15.0. The summed E-state index contributed by atoms with van der Waals surface area (Å²) >= 11 is 0. The van der Waals surface area contributed by atoms with Crippen molar-refractivity contribution >= 4 is 11.8 Å². The van der Waals surface area contributed by atoms with Gasteiger partial charge in [0.15, 0.2) is 11.4 Å². The molecule has 0 heterocycles. The number of unbranched alkanes of at least 4 members (excludes halogenated alkanes) is 12. The zero-order valence-corrected chi connectivity index (χ0v) is 18.9. The summed E-state index contributed by atoms with van der Waals surface area (Å²) in [5, 5.41) is 21.6. The van der Waals surface area contributed by atoms with Gasteiger partial charge in [-0.15, -0.1) is 0 Å². The SMILES string of the molecule is CCCCCCCCCCCCCCCC(=O)[C@](O)(CC(=O)[O-])C[N+](C)(C)C. The number of nitrogens with zero attached hydrogens (tertiary/aromatic N) is 1. The average Bonchev–Trinajstić information content (AvgIpc) is 2.56. The molecule has 0 saturated heterocycles. The average molecular weight is 400 g/mol. The van der Waals surface area contributed by atoms with E-state index in [4.69, 9.17) is 0 Å². The number of carboxylic acid groups (broad SMARTS) is 1. The van der Waals surface area contributed by atoms with Crippen LogP contribution in [0.2, 0.25) is 0 Å². The predicted octanol–water partition coefficient (Wildman–Crippen LogP) is 3.61. The van der Waals surface area contributed by atoms with Crippen molar-refractivity contribution in [3.05, 3.63) is 0 Å². The number of hydrogen-bond donors (Lipinski definition) is 1. The maximum Gasteiger partial charge on any atom is 0.177 e. The Labute approximate surface area is 173 Å². The first-order valence-electron chi connectivity index (χ1n) is 11.4. The molecular weight excluding hydrogens is 354 g/mol. The first-order valence-corrected chi connectivity index (χ1v) is 11.4. The van der Waals surface area contributed by atoms with Gasteiger partial charge in [0.05, 0.1) is 21.1 Å². The molecule has 0 rings (SSSR count). The van der Waals surface area contributed by atoms with Gasteiger partial charge in [-0.25, -0.2) is 0 Å². The zero-order chi connectivity index (χ0) is 21.5. The van der Waals surface area contributed by atoms with Crippen molar-refractivity contribution in [1.82, 2.24) is 0 Å². The summed E-state index contributed by atoms with van der Waals surface area (Å²) < 4.78 is 0.328. The number of carbonyl (C=O) groups is 2. The van der Waals surface area contributed by atoms with Gasteiger partial charge < -0.3 is 19.5 Å². The molecule has 1 N–H and O–H groups in total. The third-order valence-electron chi connectivity index (χ3n) is 5.20. The molecule has 0 unspecified atom stereocenters. The molecule has 0 saturated carbocycles. The van der Waals surface area contributed by atoms with E-state index < -0.39 is 18.0 Å². The Morgan fingerprint density at radius 2 is 1.18 bits per heavy atom. The number of ketones is 1. The number of aliphatic hydroxyl groups is 1. The number of carbonyl (C=O) groups excluding carboxylic acids is 2. The van der Waals surface area contributed by atoms with Crippen molar-refractivity contribution in [2.75, 3.05) is 27.7 Å². The molecule has 0 aromatic carbocycles. The summed E-state index contributed by atoms with van der Waals surface area (Å²) in [6.07, 6.45) is 15.6. The molecule has 0 fully saturated rings. The fourth-order valence-corrected chi connectivity index (χ4v) is 3.80. The molecule has 5 heteroatoms. The fraction of sp³-hybridized carbons (Fsp3) is 0.913. The van der Waals surface area contributed by atoms with Crippen LogP contribution in [0, 0.1) is 0 Å². The number of likely N-dealkylation sites (N-methyl/N-ethyl adjacent to an activating group) is 1. The van der Waals surface area contributed by atoms with Crippen LogP contribution in [0.15, 0.2) is 0 Å². The van der Waals surface area contributed by atoms with E-state index in [0.717, 1.165) is 12.8 Å². The van der Waals surface area contributed by atoms with E-state index in [-0.39, 0.29) is 18.7 Å². The van der Waals surface area contributed by atoms with Crippen LogP contribution < -0.4 is 5.11 Å². The minimum atomic E-state index is -1.83. The van der Waals surface area contributed by atoms with Gasteiger partial charge in [-0.2, -0.15) is 0 Å². The van der Waals surface area contributed by atoms with E-state index in [2.05, 4.69) is 6.92 Å². The maximum absolute atomic E-state index is 12.4. The van der Waals surface area contributed by atoms with Crippen LogP contribution in [0.5, 0.6) is 0 Å². The van der Waals surface area contributed by atoms with E-state index in [1.54, 1.807) is 0 Å². The smallest absolute Gasteiger partial charge is 0.177 e. The largest absolute Gasteiger partial charge is 0.550 e. The molecule has 0 aromatic heterocycles. The van der Waals surface area contributed by atoms with Crippen LogP contribution >= 0.6 is 0 Å². The van der Waals surface area contributed by atoms with Gasteiger partial charge in [0.25, 0.3) is 0 Å². The van der Waals surface area contributed by atoms with Crippen molar-refractivity contribution in [3.63, 3.8) is 0 Å². The number of rotatable bonds is 19. The van der Waals surface area contributed by atoms with Gasteiger partial charge in [0, 0.05) is 18.8 Å². The molecule has 28 heavy (non-hydrogen) atoms. The lowest BCUT2D eigenvalue weighted by atomic mass is 9.89. The maximum atomic E-state index is 12.4. The van der Waals surface area contributed by atoms with Gasteiger partial charge in [0.2, 0.25) is 0 Å². The van der Waals surface area contributed by atoms with Crippen LogP contribution in [0.1, 0.15) is 103 Å². The quantitative estimate of drug-likeness (QED) is 0.266. The van der Waals surface area contributed by atoms with E-state index in [1.165, 1.54) is 64.2 Å². The lowest BCUT2D eigenvalue weighted by Crippen LogP contribution is -2.56. The van der Waals surface area contributed by atoms with Gasteiger partial charge in [-0.05, 0) is 6.42 Å². The number of Topliss-reactive ketones (excluding diaryl/α,β-unsaturated/α-hetero) is 1. The van der Waals surface area contributed by atoms with Crippen molar-refractivity contribution < 1.29 is 24.3 Å². The van der Waals surface area contributed by atoms with Crippen molar-refractivity contribution in [2.24, 2.45) is 0 Å². The molecule has 0 aliphatic heterocycles. The summed E-state index contributed by atoms with van der Waals surface area (Å²) in [6.45, 7) is 2.33.